The molecule has 0 bridgehead atoms. The van der Waals surface area contributed by atoms with Crippen molar-refractivity contribution in [1.29, 1.82) is 0 Å². The zero-order chi connectivity index (χ0) is 7.52. The predicted molar refractivity (Wildman–Crippen MR) is 49.8 cm³/mol. The Kier molecular flexibility index (Phi) is 1.78. The molecule has 11 heavy (non-hydrogen) atoms. The minimum Gasteiger partial charge on any atom is -0.251 e. The van der Waals surface area contributed by atoms with E-state index < -0.39 is 0 Å². The summed E-state index contributed by atoms with van der Waals surface area (Å²) in [5.41, 5.74) is 0. The Morgan fingerprint density at radius 2 is 1.91 bits per heavy atom. The summed E-state index contributed by atoms with van der Waals surface area (Å²) >= 11 is 0. The van der Waals surface area contributed by atoms with E-state index in [1.54, 1.807) is 0 Å². The molecular weight excluding hydrogens is 154 g/mol. The van der Waals surface area contributed by atoms with E-state index in [4.69, 9.17) is 0 Å². The number of allylic oxidation sites excluding steroid dienone is 2. The molecule has 0 unspecified atom stereocenters. The van der Waals surface area contributed by atoms with Crippen molar-refractivity contribution in [3.05, 3.63) is 47.4 Å². The number of aromatic nitrogens is 1. The lowest BCUT2D eigenvalue weighted by Crippen LogP contribution is -1.78. The maximum Gasteiger partial charge on any atom is 0.0834 e. The highest BCUT2D eigenvalue weighted by Gasteiger charge is 2.01. The van der Waals surface area contributed by atoms with Crippen LogP contribution >= 0.6 is 10.9 Å². The number of thiol groups is 1. The second kappa shape index (κ2) is 2.93. The maximum atomic E-state index is 4.29. The van der Waals surface area contributed by atoms with E-state index in [2.05, 4.69) is 34.0 Å². The highest BCUT2D eigenvalue weighted by molar-refractivity contribution is 8.22. The first-order valence-electron chi connectivity index (χ1n) is 3.51. The summed E-state index contributed by atoms with van der Waals surface area (Å²) in [5, 5.41) is 5.60. The molecule has 2 rings (SSSR count). The van der Waals surface area contributed by atoms with Crippen LogP contribution in [0.25, 0.3) is 0 Å². The Balaban J connectivity index is 2.30. The van der Waals surface area contributed by atoms with Crippen LogP contribution in [0.4, 0.5) is 0 Å². The third-order valence-corrected chi connectivity index (χ3v) is 3.30. The lowest BCUT2D eigenvalue weighted by atomic mass is 10.5. The van der Waals surface area contributed by atoms with Crippen LogP contribution in [-0.4, -0.2) is 4.98 Å². The third-order valence-electron chi connectivity index (χ3n) is 1.52. The van der Waals surface area contributed by atoms with E-state index in [-0.39, 0.29) is 10.9 Å². The van der Waals surface area contributed by atoms with Gasteiger partial charge < -0.3 is 0 Å². The average Bonchev–Trinajstić information content (AvgIpc) is 2.58. The van der Waals surface area contributed by atoms with E-state index in [1.165, 1.54) is 5.03 Å². The van der Waals surface area contributed by atoms with Crippen molar-refractivity contribution in [2.24, 2.45) is 0 Å². The standard InChI is InChI=1S/C9H9NS/c1-2-6-10-9(5-1)11-7-3-4-8-11/h1-8,11H. The van der Waals surface area contributed by atoms with Crippen LogP contribution in [0.15, 0.2) is 52.4 Å². The summed E-state index contributed by atoms with van der Waals surface area (Å²) in [7, 11) is -0.212. The highest BCUT2D eigenvalue weighted by Crippen LogP contribution is 2.39. The first-order valence-corrected chi connectivity index (χ1v) is 4.99. The van der Waals surface area contributed by atoms with Gasteiger partial charge in [0, 0.05) is 6.20 Å². The largest absolute Gasteiger partial charge is 0.251 e. The van der Waals surface area contributed by atoms with Gasteiger partial charge >= 0.3 is 0 Å². The predicted octanol–water partition coefficient (Wildman–Crippen LogP) is 2.48. The molecule has 1 aliphatic rings. The van der Waals surface area contributed by atoms with Crippen LogP contribution in [0.3, 0.4) is 0 Å². The van der Waals surface area contributed by atoms with Crippen molar-refractivity contribution in [3.8, 4) is 0 Å². The molecule has 0 spiro atoms. The Morgan fingerprint density at radius 3 is 2.55 bits per heavy atom. The summed E-state index contributed by atoms with van der Waals surface area (Å²) in [6, 6.07) is 6.05. The summed E-state index contributed by atoms with van der Waals surface area (Å²) in [5.74, 6) is 0. The lowest BCUT2D eigenvalue weighted by Gasteiger charge is -2.06. The van der Waals surface area contributed by atoms with E-state index in [0.29, 0.717) is 0 Å². The quantitative estimate of drug-likeness (QED) is 0.627. The lowest BCUT2D eigenvalue weighted by molar-refractivity contribution is 1.14. The smallest absolute Gasteiger partial charge is 0.0834 e. The molecule has 0 fully saturated rings. The first kappa shape index (κ1) is 6.68. The summed E-state index contributed by atoms with van der Waals surface area (Å²) in [4.78, 5) is 4.29. The van der Waals surface area contributed by atoms with Gasteiger partial charge in [0.2, 0.25) is 0 Å². The summed E-state index contributed by atoms with van der Waals surface area (Å²) < 4.78 is 0. The minimum atomic E-state index is -0.212. The Bertz CT molecular complexity index is 278. The third kappa shape index (κ3) is 1.35. The fourth-order valence-electron chi connectivity index (χ4n) is 0.994. The summed E-state index contributed by atoms with van der Waals surface area (Å²) in [6.07, 6.45) is 6.01. The molecule has 2 heteroatoms. The molecule has 56 valence electrons. The van der Waals surface area contributed by atoms with Crippen LogP contribution in [-0.2, 0) is 0 Å². The molecule has 0 saturated heterocycles. The van der Waals surface area contributed by atoms with E-state index in [9.17, 15) is 0 Å². The number of hydrogen-bond donors (Lipinski definition) is 1. The van der Waals surface area contributed by atoms with Crippen molar-refractivity contribution in [2.45, 2.75) is 5.03 Å². The normalized spacial score (nSPS) is 17.6. The van der Waals surface area contributed by atoms with E-state index in [1.807, 2.05) is 18.3 Å². The SMILES string of the molecule is C1=C[SH](c2ccccn2)C=C1. The number of pyridine rings is 1. The topological polar surface area (TPSA) is 12.9 Å². The van der Waals surface area contributed by atoms with Gasteiger partial charge in [-0.1, -0.05) is 18.2 Å². The molecular formula is C9H9NS. The van der Waals surface area contributed by atoms with Crippen molar-refractivity contribution in [2.75, 3.05) is 0 Å². The van der Waals surface area contributed by atoms with Gasteiger partial charge in [-0.3, -0.25) is 4.98 Å². The zero-order valence-corrected chi connectivity index (χ0v) is 6.91. The van der Waals surface area contributed by atoms with Gasteiger partial charge in [-0.15, -0.1) is 0 Å². The zero-order valence-electron chi connectivity index (χ0n) is 6.01. The van der Waals surface area contributed by atoms with E-state index in [0.717, 1.165) is 0 Å². The molecule has 1 aromatic rings. The fourth-order valence-corrected chi connectivity index (χ4v) is 2.43. The van der Waals surface area contributed by atoms with Crippen molar-refractivity contribution in [1.82, 2.24) is 4.98 Å². The Hall–Kier alpha value is -1.02. The minimum absolute atomic E-state index is 0.212. The van der Waals surface area contributed by atoms with Crippen LogP contribution < -0.4 is 0 Å². The molecule has 0 aliphatic carbocycles. The van der Waals surface area contributed by atoms with Crippen LogP contribution in [0, 0.1) is 0 Å². The van der Waals surface area contributed by atoms with E-state index >= 15 is 0 Å². The fraction of sp³-hybridized carbons (Fsp3) is 0. The van der Waals surface area contributed by atoms with Crippen molar-refractivity contribution < 1.29 is 0 Å². The first-order chi connectivity index (χ1) is 5.47. The number of hydrogen-bond acceptors (Lipinski definition) is 1. The van der Waals surface area contributed by atoms with Gasteiger partial charge in [-0.05, 0) is 22.9 Å². The Labute approximate surface area is 68.8 Å². The Morgan fingerprint density at radius 1 is 1.09 bits per heavy atom. The van der Waals surface area contributed by atoms with Crippen LogP contribution in [0.1, 0.15) is 0 Å². The molecule has 1 aromatic heterocycles. The maximum absolute atomic E-state index is 4.29. The monoisotopic (exact) mass is 163 g/mol. The van der Waals surface area contributed by atoms with Gasteiger partial charge in [-0.2, -0.15) is 10.9 Å². The van der Waals surface area contributed by atoms with Crippen LogP contribution in [0.2, 0.25) is 0 Å². The molecule has 2 heterocycles. The highest BCUT2D eigenvalue weighted by atomic mass is 32.2. The van der Waals surface area contributed by atoms with Gasteiger partial charge in [-0.25, -0.2) is 0 Å². The molecule has 0 aromatic carbocycles. The summed E-state index contributed by atoms with van der Waals surface area (Å²) in [6.45, 7) is 0. The average molecular weight is 163 g/mol. The van der Waals surface area contributed by atoms with Gasteiger partial charge in [0.1, 0.15) is 0 Å². The van der Waals surface area contributed by atoms with Gasteiger partial charge in [0.15, 0.2) is 0 Å². The number of rotatable bonds is 1. The van der Waals surface area contributed by atoms with Gasteiger partial charge in [0.05, 0.1) is 5.03 Å². The molecule has 0 radical (unpaired) electrons. The second-order valence-electron chi connectivity index (χ2n) is 2.28. The molecule has 0 atom stereocenters. The van der Waals surface area contributed by atoms with Crippen LogP contribution in [0.5, 0.6) is 0 Å². The molecule has 0 saturated carbocycles. The van der Waals surface area contributed by atoms with Crippen molar-refractivity contribution >= 4 is 10.9 Å². The molecule has 0 N–H and O–H groups in total. The molecule has 0 amide bonds. The molecule has 1 aliphatic heterocycles. The molecule has 1 nitrogen and oxygen atoms in total. The van der Waals surface area contributed by atoms with Crippen molar-refractivity contribution in [3.63, 3.8) is 0 Å². The number of nitrogens with zero attached hydrogens (tertiary/aromatic N) is 1. The van der Waals surface area contributed by atoms with Gasteiger partial charge in [0.25, 0.3) is 0 Å². The second-order valence-corrected chi connectivity index (χ2v) is 4.15.